The lowest BCUT2D eigenvalue weighted by Crippen LogP contribution is -2.36. The van der Waals surface area contributed by atoms with Crippen LogP contribution in [-0.2, 0) is 13.0 Å². The minimum Gasteiger partial charge on any atom is -0.326 e. The first-order valence-electron chi connectivity index (χ1n) is 11.1. The minimum absolute atomic E-state index is 0.184. The van der Waals surface area contributed by atoms with E-state index in [2.05, 4.69) is 42.6 Å². The first kappa shape index (κ1) is 23.3. The van der Waals surface area contributed by atoms with Crippen molar-refractivity contribution < 1.29 is 4.79 Å². The molecule has 6 nitrogen and oxygen atoms in total. The van der Waals surface area contributed by atoms with Crippen LogP contribution in [0.3, 0.4) is 0 Å². The maximum atomic E-state index is 12.9. The number of aryl methyl sites for hydroxylation is 5. The van der Waals surface area contributed by atoms with Crippen LogP contribution in [0.4, 0.5) is 5.69 Å². The van der Waals surface area contributed by atoms with Crippen molar-refractivity contribution >= 4 is 17.6 Å². The van der Waals surface area contributed by atoms with Gasteiger partial charge in [-0.15, -0.1) is 0 Å². The largest absolute Gasteiger partial charge is 0.326 e. The number of amides is 1. The van der Waals surface area contributed by atoms with E-state index >= 15 is 0 Å². The highest BCUT2D eigenvalue weighted by Gasteiger charge is 2.13. The van der Waals surface area contributed by atoms with Crippen molar-refractivity contribution in [2.75, 3.05) is 11.9 Å². The summed E-state index contributed by atoms with van der Waals surface area (Å²) in [4.78, 5) is 17.6. The molecule has 0 spiro atoms. The number of hydrogen-bond donors (Lipinski definition) is 2. The van der Waals surface area contributed by atoms with E-state index in [0.29, 0.717) is 18.1 Å². The van der Waals surface area contributed by atoms with Gasteiger partial charge in [0.1, 0.15) is 0 Å². The summed E-state index contributed by atoms with van der Waals surface area (Å²) in [6.07, 6.45) is 0.760. The summed E-state index contributed by atoms with van der Waals surface area (Å²) in [5, 5.41) is 10.9. The standard InChI is InChI=1S/C26H33N5O/c1-7-31-21(6)23(20(5)30-31)13-14-27-26(28-24-12-11-18(3)15-19(24)4)29-25(32)22-10-8-9-17(2)16-22/h8-12,15-16H,7,13-14H2,1-6H3,(H2,27,28,29,32). The third-order valence-corrected chi connectivity index (χ3v) is 5.61. The molecule has 1 heterocycles. The molecule has 0 fully saturated rings. The van der Waals surface area contributed by atoms with E-state index in [4.69, 9.17) is 4.99 Å². The average molecular weight is 432 g/mol. The van der Waals surface area contributed by atoms with Gasteiger partial charge in [0.25, 0.3) is 5.91 Å². The van der Waals surface area contributed by atoms with Crippen LogP contribution in [-0.4, -0.2) is 28.2 Å². The normalized spacial score (nSPS) is 11.5. The fourth-order valence-electron chi connectivity index (χ4n) is 3.84. The molecule has 6 heteroatoms. The maximum absolute atomic E-state index is 12.9. The molecule has 0 bridgehead atoms. The molecule has 0 aliphatic heterocycles. The molecule has 168 valence electrons. The van der Waals surface area contributed by atoms with Crippen molar-refractivity contribution in [2.45, 2.75) is 54.5 Å². The van der Waals surface area contributed by atoms with Crippen molar-refractivity contribution in [1.82, 2.24) is 15.1 Å². The lowest BCUT2D eigenvalue weighted by molar-refractivity contribution is 0.0977. The molecular weight excluding hydrogens is 398 g/mol. The molecule has 3 aromatic rings. The van der Waals surface area contributed by atoms with Crippen LogP contribution in [0, 0.1) is 34.6 Å². The van der Waals surface area contributed by atoms with Gasteiger partial charge >= 0.3 is 0 Å². The van der Waals surface area contributed by atoms with Crippen molar-refractivity contribution in [3.8, 4) is 0 Å². The van der Waals surface area contributed by atoms with Crippen LogP contribution >= 0.6 is 0 Å². The zero-order chi connectivity index (χ0) is 23.3. The Hall–Kier alpha value is -3.41. The zero-order valence-corrected chi connectivity index (χ0v) is 19.9. The van der Waals surface area contributed by atoms with E-state index in [1.165, 1.54) is 16.8 Å². The molecule has 0 radical (unpaired) electrons. The van der Waals surface area contributed by atoms with Gasteiger partial charge in [0.05, 0.1) is 5.69 Å². The molecule has 3 rings (SSSR count). The third-order valence-electron chi connectivity index (χ3n) is 5.61. The van der Waals surface area contributed by atoms with Crippen LogP contribution in [0.2, 0.25) is 0 Å². The van der Waals surface area contributed by atoms with Gasteiger partial charge in [-0.2, -0.15) is 5.10 Å². The van der Waals surface area contributed by atoms with Gasteiger partial charge in [0, 0.05) is 30.0 Å². The molecule has 2 aromatic carbocycles. The second-order valence-corrected chi connectivity index (χ2v) is 8.21. The number of carbonyl (C=O) groups excluding carboxylic acids is 1. The van der Waals surface area contributed by atoms with E-state index in [9.17, 15) is 4.79 Å². The number of aromatic nitrogens is 2. The predicted molar refractivity (Wildman–Crippen MR) is 132 cm³/mol. The predicted octanol–water partition coefficient (Wildman–Crippen LogP) is 4.89. The Morgan fingerprint density at radius 2 is 1.78 bits per heavy atom. The SMILES string of the molecule is CCn1nc(C)c(CCN=C(NC(=O)c2cccc(C)c2)Nc2ccc(C)cc2C)c1C. The zero-order valence-electron chi connectivity index (χ0n) is 19.9. The number of guanidine groups is 1. The van der Waals surface area contributed by atoms with Crippen LogP contribution in [0.15, 0.2) is 47.5 Å². The molecule has 0 saturated heterocycles. The average Bonchev–Trinajstić information content (AvgIpc) is 3.03. The number of carbonyl (C=O) groups is 1. The first-order valence-corrected chi connectivity index (χ1v) is 11.1. The number of anilines is 1. The molecule has 32 heavy (non-hydrogen) atoms. The molecule has 0 unspecified atom stereocenters. The second kappa shape index (κ2) is 10.3. The van der Waals surface area contributed by atoms with Gasteiger partial charge in [-0.05, 0) is 77.3 Å². The van der Waals surface area contributed by atoms with Crippen LogP contribution in [0.25, 0.3) is 0 Å². The Morgan fingerprint density at radius 3 is 2.44 bits per heavy atom. The Morgan fingerprint density at radius 1 is 1.03 bits per heavy atom. The van der Waals surface area contributed by atoms with Crippen LogP contribution < -0.4 is 10.6 Å². The highest BCUT2D eigenvalue weighted by Crippen LogP contribution is 2.17. The van der Waals surface area contributed by atoms with Gasteiger partial charge in [-0.3, -0.25) is 19.8 Å². The molecule has 2 N–H and O–H groups in total. The van der Waals surface area contributed by atoms with E-state index in [1.54, 1.807) is 0 Å². The Labute approximate surface area is 190 Å². The summed E-state index contributed by atoms with van der Waals surface area (Å²) in [7, 11) is 0. The summed E-state index contributed by atoms with van der Waals surface area (Å²) in [6, 6.07) is 13.7. The molecule has 0 atom stereocenters. The van der Waals surface area contributed by atoms with Gasteiger partial charge in [0.2, 0.25) is 5.96 Å². The van der Waals surface area contributed by atoms with Gasteiger partial charge in [-0.25, -0.2) is 0 Å². The summed E-state index contributed by atoms with van der Waals surface area (Å²) in [5.74, 6) is 0.262. The van der Waals surface area contributed by atoms with Crippen molar-refractivity contribution in [1.29, 1.82) is 0 Å². The second-order valence-electron chi connectivity index (χ2n) is 8.21. The Kier molecular flexibility index (Phi) is 7.46. The minimum atomic E-state index is -0.184. The molecule has 1 aromatic heterocycles. The summed E-state index contributed by atoms with van der Waals surface area (Å²) >= 11 is 0. The molecule has 0 aliphatic carbocycles. The summed E-state index contributed by atoms with van der Waals surface area (Å²) < 4.78 is 2.02. The van der Waals surface area contributed by atoms with E-state index in [1.807, 2.05) is 61.9 Å². The van der Waals surface area contributed by atoms with Crippen molar-refractivity contribution in [3.63, 3.8) is 0 Å². The quantitative estimate of drug-likeness (QED) is 0.431. The van der Waals surface area contributed by atoms with Crippen LogP contribution in [0.5, 0.6) is 0 Å². The Bertz CT molecular complexity index is 1140. The summed E-state index contributed by atoms with van der Waals surface area (Å²) in [6.45, 7) is 13.7. The number of hydrogen-bond acceptors (Lipinski definition) is 3. The number of nitrogens with zero attached hydrogens (tertiary/aromatic N) is 3. The molecule has 0 saturated carbocycles. The first-order chi connectivity index (χ1) is 15.3. The van der Waals surface area contributed by atoms with Gasteiger partial charge in [0.15, 0.2) is 0 Å². The Balaban J connectivity index is 1.82. The van der Waals surface area contributed by atoms with Crippen LogP contribution in [0.1, 0.15) is 50.9 Å². The van der Waals surface area contributed by atoms with Crippen molar-refractivity contribution in [3.05, 3.63) is 81.7 Å². The fraction of sp³-hybridized carbons (Fsp3) is 0.346. The van der Waals surface area contributed by atoms with Gasteiger partial charge < -0.3 is 5.32 Å². The number of aliphatic imine (C=N–C) groups is 1. The van der Waals surface area contributed by atoms with Crippen molar-refractivity contribution in [2.24, 2.45) is 4.99 Å². The number of nitrogens with one attached hydrogen (secondary N) is 2. The third kappa shape index (κ3) is 5.63. The monoisotopic (exact) mass is 431 g/mol. The highest BCUT2D eigenvalue weighted by atomic mass is 16.1. The lowest BCUT2D eigenvalue weighted by Gasteiger charge is -2.14. The molecule has 1 amide bonds. The lowest BCUT2D eigenvalue weighted by atomic mass is 10.1. The number of rotatable bonds is 6. The van der Waals surface area contributed by atoms with E-state index < -0.39 is 0 Å². The topological polar surface area (TPSA) is 71.3 Å². The smallest absolute Gasteiger partial charge is 0.257 e. The molecular formula is C26H33N5O. The van der Waals surface area contributed by atoms with E-state index in [-0.39, 0.29) is 5.91 Å². The van der Waals surface area contributed by atoms with E-state index in [0.717, 1.165) is 35.5 Å². The highest BCUT2D eigenvalue weighted by molar-refractivity contribution is 6.10. The maximum Gasteiger partial charge on any atom is 0.257 e. The summed E-state index contributed by atoms with van der Waals surface area (Å²) in [5.41, 5.74) is 8.28. The fourth-order valence-corrected chi connectivity index (χ4v) is 3.84. The number of benzene rings is 2. The van der Waals surface area contributed by atoms with Gasteiger partial charge in [-0.1, -0.05) is 35.4 Å². The molecule has 0 aliphatic rings.